The van der Waals surface area contributed by atoms with E-state index >= 15 is 0 Å². The molecule has 3 aromatic rings. The lowest BCUT2D eigenvalue weighted by Gasteiger charge is -2.06. The Bertz CT molecular complexity index is 831. The molecule has 0 aliphatic heterocycles. The van der Waals surface area contributed by atoms with Crippen molar-refractivity contribution in [2.45, 2.75) is 13.0 Å². The van der Waals surface area contributed by atoms with Gasteiger partial charge in [-0.2, -0.15) is 0 Å². The molecular formula is C15H12Cl2N4O. The van der Waals surface area contributed by atoms with Crippen LogP contribution in [-0.2, 0) is 17.8 Å². The summed E-state index contributed by atoms with van der Waals surface area (Å²) in [5, 5.41) is 11.9. The summed E-state index contributed by atoms with van der Waals surface area (Å²) in [4.78, 5) is 12.0. The van der Waals surface area contributed by atoms with E-state index in [0.29, 0.717) is 22.4 Å². The fourth-order valence-corrected chi connectivity index (χ4v) is 2.56. The van der Waals surface area contributed by atoms with Crippen molar-refractivity contribution in [3.63, 3.8) is 0 Å². The van der Waals surface area contributed by atoms with Crippen LogP contribution in [0, 0.1) is 0 Å². The van der Waals surface area contributed by atoms with Gasteiger partial charge in [-0.3, -0.25) is 9.20 Å². The number of nitrogens with one attached hydrogen (secondary N) is 1. The molecule has 5 nitrogen and oxygen atoms in total. The molecule has 0 aliphatic rings. The van der Waals surface area contributed by atoms with Crippen LogP contribution in [-0.4, -0.2) is 20.5 Å². The van der Waals surface area contributed by atoms with E-state index in [0.717, 1.165) is 11.2 Å². The number of fused-ring (bicyclic) bond motifs is 1. The number of hydrogen-bond acceptors (Lipinski definition) is 3. The third kappa shape index (κ3) is 3.21. The topological polar surface area (TPSA) is 59.3 Å². The first-order valence-corrected chi connectivity index (χ1v) is 7.38. The molecule has 1 amide bonds. The fourth-order valence-electron chi connectivity index (χ4n) is 2.09. The van der Waals surface area contributed by atoms with E-state index in [-0.39, 0.29) is 12.3 Å². The predicted molar refractivity (Wildman–Crippen MR) is 85.0 cm³/mol. The summed E-state index contributed by atoms with van der Waals surface area (Å²) < 4.78 is 1.83. The second-order valence-corrected chi connectivity index (χ2v) is 5.58. The van der Waals surface area contributed by atoms with Gasteiger partial charge in [0.05, 0.1) is 13.0 Å². The maximum atomic E-state index is 12.0. The molecule has 1 aromatic carbocycles. The molecule has 0 spiro atoms. The first kappa shape index (κ1) is 14.8. The van der Waals surface area contributed by atoms with Crippen molar-refractivity contribution < 1.29 is 4.79 Å². The average Bonchev–Trinajstić information content (AvgIpc) is 2.91. The standard InChI is InChI=1S/C15H12Cl2N4O/c16-11-5-4-10(12(17)8-11)7-15(22)18-9-14-20-19-13-3-1-2-6-21(13)14/h1-6,8H,7,9H2,(H,18,22). The first-order chi connectivity index (χ1) is 10.6. The number of pyridine rings is 1. The van der Waals surface area contributed by atoms with Crippen LogP contribution >= 0.6 is 23.2 Å². The Morgan fingerprint density at radius 2 is 2.05 bits per heavy atom. The van der Waals surface area contributed by atoms with Gasteiger partial charge in [-0.1, -0.05) is 35.3 Å². The molecule has 0 unspecified atom stereocenters. The highest BCUT2D eigenvalue weighted by molar-refractivity contribution is 6.35. The smallest absolute Gasteiger partial charge is 0.224 e. The minimum atomic E-state index is -0.142. The lowest BCUT2D eigenvalue weighted by Crippen LogP contribution is -2.25. The molecule has 112 valence electrons. The quantitative estimate of drug-likeness (QED) is 0.798. The molecule has 0 radical (unpaired) electrons. The number of hydrogen-bond donors (Lipinski definition) is 1. The zero-order chi connectivity index (χ0) is 15.5. The highest BCUT2D eigenvalue weighted by Gasteiger charge is 2.10. The van der Waals surface area contributed by atoms with Gasteiger partial charge in [0.1, 0.15) is 0 Å². The van der Waals surface area contributed by atoms with Crippen LogP contribution in [0.2, 0.25) is 10.0 Å². The summed E-state index contributed by atoms with van der Waals surface area (Å²) in [6, 6.07) is 10.7. The minimum absolute atomic E-state index is 0.142. The van der Waals surface area contributed by atoms with Gasteiger partial charge in [0, 0.05) is 16.2 Å². The molecule has 0 fully saturated rings. The lowest BCUT2D eigenvalue weighted by atomic mass is 10.1. The van der Waals surface area contributed by atoms with Crippen LogP contribution in [0.1, 0.15) is 11.4 Å². The molecule has 2 heterocycles. The lowest BCUT2D eigenvalue weighted by molar-refractivity contribution is -0.120. The van der Waals surface area contributed by atoms with E-state index < -0.39 is 0 Å². The number of aromatic nitrogens is 3. The third-order valence-corrected chi connectivity index (χ3v) is 3.78. The van der Waals surface area contributed by atoms with Gasteiger partial charge >= 0.3 is 0 Å². The van der Waals surface area contributed by atoms with Gasteiger partial charge in [-0.05, 0) is 29.8 Å². The molecule has 0 saturated carbocycles. The van der Waals surface area contributed by atoms with Gasteiger partial charge in [0.25, 0.3) is 0 Å². The summed E-state index contributed by atoms with van der Waals surface area (Å²) in [7, 11) is 0. The van der Waals surface area contributed by atoms with Crippen LogP contribution in [0.5, 0.6) is 0 Å². The molecule has 0 aliphatic carbocycles. The van der Waals surface area contributed by atoms with Crippen LogP contribution in [0.3, 0.4) is 0 Å². The predicted octanol–water partition coefficient (Wildman–Crippen LogP) is 2.90. The Balaban J connectivity index is 1.65. The van der Waals surface area contributed by atoms with Crippen molar-refractivity contribution >= 4 is 34.8 Å². The van der Waals surface area contributed by atoms with Crippen molar-refractivity contribution in [2.75, 3.05) is 0 Å². The van der Waals surface area contributed by atoms with Crippen molar-refractivity contribution in [3.05, 3.63) is 64.0 Å². The number of rotatable bonds is 4. The van der Waals surface area contributed by atoms with Crippen LogP contribution in [0.25, 0.3) is 5.65 Å². The highest BCUT2D eigenvalue weighted by Crippen LogP contribution is 2.21. The molecule has 0 saturated heterocycles. The van der Waals surface area contributed by atoms with Crippen LogP contribution in [0.4, 0.5) is 0 Å². The summed E-state index contributed by atoms with van der Waals surface area (Å²) in [5.41, 5.74) is 1.47. The molecule has 0 bridgehead atoms. The van der Waals surface area contributed by atoms with Gasteiger partial charge in [0.15, 0.2) is 11.5 Å². The molecule has 3 rings (SSSR count). The summed E-state index contributed by atoms with van der Waals surface area (Å²) in [6.45, 7) is 0.301. The highest BCUT2D eigenvalue weighted by atomic mass is 35.5. The van der Waals surface area contributed by atoms with Gasteiger partial charge in [-0.15, -0.1) is 10.2 Å². The van der Waals surface area contributed by atoms with Crippen LogP contribution in [0.15, 0.2) is 42.6 Å². The van der Waals surface area contributed by atoms with Crippen molar-refractivity contribution in [3.8, 4) is 0 Å². The Labute approximate surface area is 136 Å². The summed E-state index contributed by atoms with van der Waals surface area (Å²) in [6.07, 6.45) is 2.04. The van der Waals surface area contributed by atoms with Gasteiger partial charge < -0.3 is 5.32 Å². The number of carbonyl (C=O) groups excluding carboxylic acids is 1. The third-order valence-electron chi connectivity index (χ3n) is 3.19. The zero-order valence-corrected chi connectivity index (χ0v) is 13.0. The Kier molecular flexibility index (Phi) is 4.27. The molecule has 7 heteroatoms. The number of halogens is 2. The van der Waals surface area contributed by atoms with E-state index in [4.69, 9.17) is 23.2 Å². The molecule has 22 heavy (non-hydrogen) atoms. The maximum absolute atomic E-state index is 12.0. The molecular weight excluding hydrogens is 323 g/mol. The summed E-state index contributed by atoms with van der Waals surface area (Å²) >= 11 is 11.9. The second kappa shape index (κ2) is 6.34. The van der Waals surface area contributed by atoms with E-state index in [2.05, 4.69) is 15.5 Å². The number of amides is 1. The Hall–Kier alpha value is -2.11. The van der Waals surface area contributed by atoms with E-state index in [1.165, 1.54) is 0 Å². The maximum Gasteiger partial charge on any atom is 0.224 e. The van der Waals surface area contributed by atoms with Crippen molar-refractivity contribution in [1.82, 2.24) is 19.9 Å². The fraction of sp³-hybridized carbons (Fsp3) is 0.133. The molecule has 0 atom stereocenters. The largest absolute Gasteiger partial charge is 0.348 e. The van der Waals surface area contributed by atoms with Crippen molar-refractivity contribution in [2.24, 2.45) is 0 Å². The number of benzene rings is 1. The number of carbonyl (C=O) groups is 1. The first-order valence-electron chi connectivity index (χ1n) is 6.63. The van der Waals surface area contributed by atoms with E-state index in [1.54, 1.807) is 18.2 Å². The van der Waals surface area contributed by atoms with Crippen LogP contribution < -0.4 is 5.32 Å². The zero-order valence-electron chi connectivity index (χ0n) is 11.5. The van der Waals surface area contributed by atoms with Crippen molar-refractivity contribution in [1.29, 1.82) is 0 Å². The SMILES string of the molecule is O=C(Cc1ccc(Cl)cc1Cl)NCc1nnc2ccccn12. The summed E-state index contributed by atoms with van der Waals surface area (Å²) in [5.74, 6) is 0.531. The Morgan fingerprint density at radius 1 is 1.18 bits per heavy atom. The Morgan fingerprint density at radius 3 is 2.86 bits per heavy atom. The van der Waals surface area contributed by atoms with E-state index in [9.17, 15) is 4.79 Å². The average molecular weight is 335 g/mol. The second-order valence-electron chi connectivity index (χ2n) is 4.73. The normalized spacial score (nSPS) is 10.8. The van der Waals surface area contributed by atoms with Gasteiger partial charge in [0.2, 0.25) is 5.91 Å². The molecule has 2 aromatic heterocycles. The molecule has 1 N–H and O–H groups in total. The van der Waals surface area contributed by atoms with Gasteiger partial charge in [-0.25, -0.2) is 0 Å². The minimum Gasteiger partial charge on any atom is -0.348 e. The van der Waals surface area contributed by atoms with E-state index in [1.807, 2.05) is 28.8 Å². The number of nitrogens with zero attached hydrogens (tertiary/aromatic N) is 3. The monoisotopic (exact) mass is 334 g/mol.